The zero-order valence-corrected chi connectivity index (χ0v) is 8.71. The van der Waals surface area contributed by atoms with E-state index in [1.807, 2.05) is 13.0 Å². The van der Waals surface area contributed by atoms with E-state index in [0.29, 0.717) is 11.3 Å². The van der Waals surface area contributed by atoms with E-state index >= 15 is 0 Å². The van der Waals surface area contributed by atoms with Gasteiger partial charge in [0, 0.05) is 11.3 Å². The molecule has 0 fully saturated rings. The maximum absolute atomic E-state index is 5.71. The maximum atomic E-state index is 5.71. The molecule has 0 saturated heterocycles. The molecule has 2 N–H and O–H groups in total. The summed E-state index contributed by atoms with van der Waals surface area (Å²) in [5.41, 5.74) is 7.70. The lowest BCUT2D eigenvalue weighted by Crippen LogP contribution is -2.03. The third-order valence-corrected chi connectivity index (χ3v) is 2.18. The van der Waals surface area contributed by atoms with Crippen molar-refractivity contribution >= 4 is 40.5 Å². The number of alkyl halides is 3. The van der Waals surface area contributed by atoms with Crippen LogP contribution in [0.1, 0.15) is 11.1 Å². The van der Waals surface area contributed by atoms with Gasteiger partial charge in [0.2, 0.25) is 3.79 Å². The van der Waals surface area contributed by atoms with Crippen molar-refractivity contribution in [3.8, 4) is 0 Å². The highest BCUT2D eigenvalue weighted by Crippen LogP contribution is 2.40. The van der Waals surface area contributed by atoms with Crippen LogP contribution in [0.5, 0.6) is 0 Å². The molecule has 0 heterocycles. The fraction of sp³-hybridized carbons (Fsp3) is 0.250. The predicted molar refractivity (Wildman–Crippen MR) is 54.8 cm³/mol. The Bertz CT molecular complexity index is 291. The molecule has 0 aromatic heterocycles. The van der Waals surface area contributed by atoms with E-state index in [1.54, 1.807) is 12.1 Å². The van der Waals surface area contributed by atoms with E-state index in [9.17, 15) is 0 Å². The summed E-state index contributed by atoms with van der Waals surface area (Å²) in [6, 6.07) is 5.27. The molecule has 0 atom stereocenters. The molecule has 1 nitrogen and oxygen atoms in total. The summed E-state index contributed by atoms with van der Waals surface area (Å²) in [4.78, 5) is 0. The van der Waals surface area contributed by atoms with Crippen LogP contribution in [0.2, 0.25) is 0 Å². The summed E-state index contributed by atoms with van der Waals surface area (Å²) >= 11 is 17.1. The van der Waals surface area contributed by atoms with Crippen LogP contribution >= 0.6 is 34.8 Å². The average molecular weight is 225 g/mol. The van der Waals surface area contributed by atoms with Gasteiger partial charge in [0.25, 0.3) is 0 Å². The Balaban J connectivity index is 3.23. The SMILES string of the molecule is Cc1ccc(N)cc1C(Cl)(Cl)Cl. The van der Waals surface area contributed by atoms with E-state index in [-0.39, 0.29) is 0 Å². The second kappa shape index (κ2) is 3.33. The van der Waals surface area contributed by atoms with E-state index in [4.69, 9.17) is 40.5 Å². The molecule has 1 aromatic rings. The van der Waals surface area contributed by atoms with Gasteiger partial charge in [-0.1, -0.05) is 40.9 Å². The number of hydrogen-bond acceptors (Lipinski definition) is 1. The molecule has 4 heteroatoms. The van der Waals surface area contributed by atoms with Gasteiger partial charge in [-0.25, -0.2) is 0 Å². The highest BCUT2D eigenvalue weighted by atomic mass is 35.6. The van der Waals surface area contributed by atoms with E-state index in [2.05, 4.69) is 0 Å². The van der Waals surface area contributed by atoms with E-state index < -0.39 is 3.79 Å². The molecule has 0 aliphatic rings. The molecule has 0 aliphatic carbocycles. The fourth-order valence-corrected chi connectivity index (χ4v) is 1.56. The van der Waals surface area contributed by atoms with Gasteiger partial charge in [-0.15, -0.1) is 0 Å². The minimum atomic E-state index is -1.39. The normalized spacial score (nSPS) is 11.7. The Morgan fingerprint density at radius 1 is 1.25 bits per heavy atom. The molecule has 0 saturated carbocycles. The van der Waals surface area contributed by atoms with Crippen molar-refractivity contribution < 1.29 is 0 Å². The molecule has 1 rings (SSSR count). The third-order valence-electron chi connectivity index (χ3n) is 1.57. The molecule has 0 bridgehead atoms. The molecule has 0 unspecified atom stereocenters. The lowest BCUT2D eigenvalue weighted by molar-refractivity contribution is 1.19. The van der Waals surface area contributed by atoms with Crippen molar-refractivity contribution in [1.82, 2.24) is 0 Å². The Morgan fingerprint density at radius 2 is 1.83 bits per heavy atom. The van der Waals surface area contributed by atoms with Crippen LogP contribution in [0.4, 0.5) is 5.69 Å². The Labute approximate surface area is 86.4 Å². The van der Waals surface area contributed by atoms with Crippen molar-refractivity contribution in [3.05, 3.63) is 29.3 Å². The van der Waals surface area contributed by atoms with Crippen molar-refractivity contribution in [2.45, 2.75) is 10.7 Å². The summed E-state index contributed by atoms with van der Waals surface area (Å²) in [7, 11) is 0. The zero-order valence-electron chi connectivity index (χ0n) is 6.44. The number of hydrogen-bond donors (Lipinski definition) is 1. The quantitative estimate of drug-likeness (QED) is 0.530. The maximum Gasteiger partial charge on any atom is 0.216 e. The summed E-state index contributed by atoms with van der Waals surface area (Å²) in [6.45, 7) is 1.87. The van der Waals surface area contributed by atoms with Crippen molar-refractivity contribution in [2.75, 3.05) is 5.73 Å². The van der Waals surface area contributed by atoms with Crippen LogP contribution < -0.4 is 5.73 Å². The lowest BCUT2D eigenvalue weighted by Gasteiger charge is -2.14. The summed E-state index contributed by atoms with van der Waals surface area (Å²) in [5.74, 6) is 0. The summed E-state index contributed by atoms with van der Waals surface area (Å²) in [5, 5.41) is 0. The van der Waals surface area contributed by atoms with Gasteiger partial charge in [-0.3, -0.25) is 0 Å². The monoisotopic (exact) mass is 223 g/mol. The second-order valence-electron chi connectivity index (χ2n) is 2.57. The smallest absolute Gasteiger partial charge is 0.216 e. The zero-order chi connectivity index (χ0) is 9.35. The molecular weight excluding hydrogens is 216 g/mol. The first-order chi connectivity index (χ1) is 5.41. The molecule has 0 spiro atoms. The summed E-state index contributed by atoms with van der Waals surface area (Å²) < 4.78 is -1.39. The van der Waals surface area contributed by atoms with Crippen molar-refractivity contribution in [2.24, 2.45) is 0 Å². The van der Waals surface area contributed by atoms with Crippen LogP contribution in [-0.2, 0) is 3.79 Å². The average Bonchev–Trinajstić information content (AvgIpc) is 1.92. The molecule has 0 amide bonds. The first kappa shape index (κ1) is 9.97. The highest BCUT2D eigenvalue weighted by Gasteiger charge is 2.24. The number of aryl methyl sites for hydroxylation is 1. The van der Waals surface area contributed by atoms with Gasteiger partial charge in [0.15, 0.2) is 0 Å². The van der Waals surface area contributed by atoms with E-state index in [0.717, 1.165) is 5.56 Å². The predicted octanol–water partition coefficient (Wildman–Crippen LogP) is 3.40. The number of benzene rings is 1. The molecule has 1 aromatic carbocycles. The topological polar surface area (TPSA) is 26.0 Å². The van der Waals surface area contributed by atoms with Gasteiger partial charge in [-0.2, -0.15) is 0 Å². The molecular formula is C8H8Cl3N. The minimum absolute atomic E-state index is 0.599. The fourth-order valence-electron chi connectivity index (χ4n) is 0.945. The number of anilines is 1. The van der Waals surface area contributed by atoms with Crippen LogP contribution in [-0.4, -0.2) is 0 Å². The van der Waals surface area contributed by atoms with Gasteiger partial charge < -0.3 is 5.73 Å². The van der Waals surface area contributed by atoms with Gasteiger partial charge in [0.05, 0.1) is 0 Å². The van der Waals surface area contributed by atoms with E-state index in [1.165, 1.54) is 0 Å². The van der Waals surface area contributed by atoms with Gasteiger partial charge in [-0.05, 0) is 24.6 Å². The Kier molecular flexibility index (Phi) is 2.77. The number of rotatable bonds is 0. The largest absolute Gasteiger partial charge is 0.399 e. The first-order valence-corrected chi connectivity index (χ1v) is 4.48. The van der Waals surface area contributed by atoms with Gasteiger partial charge in [0.1, 0.15) is 0 Å². The van der Waals surface area contributed by atoms with Crippen LogP contribution in [0.25, 0.3) is 0 Å². The van der Waals surface area contributed by atoms with Gasteiger partial charge >= 0.3 is 0 Å². The highest BCUT2D eigenvalue weighted by molar-refractivity contribution is 6.66. The summed E-state index contributed by atoms with van der Waals surface area (Å²) in [6.07, 6.45) is 0. The number of halogens is 3. The molecule has 12 heavy (non-hydrogen) atoms. The van der Waals surface area contributed by atoms with Crippen LogP contribution in [0, 0.1) is 6.92 Å². The Hall–Kier alpha value is -0.110. The minimum Gasteiger partial charge on any atom is -0.399 e. The number of nitrogen functional groups attached to an aromatic ring is 1. The lowest BCUT2D eigenvalue weighted by atomic mass is 10.1. The second-order valence-corrected chi connectivity index (χ2v) is 4.85. The van der Waals surface area contributed by atoms with Crippen molar-refractivity contribution in [3.63, 3.8) is 0 Å². The molecule has 0 radical (unpaired) electrons. The number of nitrogens with two attached hydrogens (primary N) is 1. The first-order valence-electron chi connectivity index (χ1n) is 3.34. The standard InChI is InChI=1S/C8H8Cl3N/c1-5-2-3-6(12)4-7(5)8(9,10)11/h2-4H,12H2,1H3. The molecule has 0 aliphatic heterocycles. The Morgan fingerprint density at radius 3 is 2.25 bits per heavy atom. The van der Waals surface area contributed by atoms with Crippen molar-refractivity contribution in [1.29, 1.82) is 0 Å². The molecule has 66 valence electrons. The van der Waals surface area contributed by atoms with Crippen LogP contribution in [0.15, 0.2) is 18.2 Å². The third kappa shape index (κ3) is 2.19. The van der Waals surface area contributed by atoms with Crippen LogP contribution in [0.3, 0.4) is 0 Å².